The van der Waals surface area contributed by atoms with E-state index in [0.717, 1.165) is 23.6 Å². The van der Waals surface area contributed by atoms with Crippen LogP contribution in [0.5, 0.6) is 0 Å². The van der Waals surface area contributed by atoms with Crippen LogP contribution in [-0.2, 0) is 17.8 Å². The van der Waals surface area contributed by atoms with Crippen LogP contribution in [-0.4, -0.2) is 28.1 Å². The molecule has 0 bridgehead atoms. The average Bonchev–Trinajstić information content (AvgIpc) is 3.47. The highest BCUT2D eigenvalue weighted by atomic mass is 32.1. The average molecular weight is 459 g/mol. The van der Waals surface area contributed by atoms with Gasteiger partial charge in [-0.15, -0.1) is 11.3 Å². The number of rotatable bonds is 4. The lowest BCUT2D eigenvalue weighted by Gasteiger charge is -2.31. The lowest BCUT2D eigenvalue weighted by atomic mass is 10.0. The molecule has 0 saturated heterocycles. The summed E-state index contributed by atoms with van der Waals surface area (Å²) in [6.45, 7) is 1.80. The number of carbonyl (C=O) groups is 2. The van der Waals surface area contributed by atoms with E-state index in [0.29, 0.717) is 32.4 Å². The Balaban J connectivity index is 1.84. The first-order valence-corrected chi connectivity index (χ1v) is 11.1. The Morgan fingerprint density at radius 3 is 2.66 bits per heavy atom. The SMILES string of the molecule is CC(=O)Nc1c(F)c(N2CCc3sccc3C2)c(F)c2c1c(=O)c(C(=O)O)cn2C1CC1. The number of carboxylic acid groups (broad SMARTS) is 1. The number of thiophene rings is 1. The molecule has 0 spiro atoms. The van der Waals surface area contributed by atoms with Gasteiger partial charge in [-0.2, -0.15) is 0 Å². The predicted molar refractivity (Wildman–Crippen MR) is 117 cm³/mol. The van der Waals surface area contributed by atoms with Crippen LogP contribution in [0.1, 0.15) is 46.6 Å². The number of aromatic nitrogens is 1. The number of carbonyl (C=O) groups excluding carboxylic acids is 1. The third-order valence-corrected chi connectivity index (χ3v) is 6.95. The maximum Gasteiger partial charge on any atom is 0.341 e. The van der Waals surface area contributed by atoms with E-state index >= 15 is 8.78 Å². The number of hydrogen-bond acceptors (Lipinski definition) is 5. The van der Waals surface area contributed by atoms with Gasteiger partial charge in [0.05, 0.1) is 16.6 Å². The maximum absolute atomic E-state index is 16.0. The molecule has 1 aromatic carbocycles. The van der Waals surface area contributed by atoms with E-state index in [1.807, 2.05) is 11.4 Å². The smallest absolute Gasteiger partial charge is 0.341 e. The van der Waals surface area contributed by atoms with Crippen LogP contribution in [0.25, 0.3) is 10.9 Å². The fourth-order valence-corrected chi connectivity index (χ4v) is 5.22. The molecule has 10 heteroatoms. The molecule has 3 heterocycles. The van der Waals surface area contributed by atoms with Gasteiger partial charge in [0.2, 0.25) is 11.3 Å². The largest absolute Gasteiger partial charge is 0.477 e. The van der Waals surface area contributed by atoms with Crippen molar-refractivity contribution in [2.75, 3.05) is 16.8 Å². The summed E-state index contributed by atoms with van der Waals surface area (Å²) in [5.41, 5.74) is -1.64. The monoisotopic (exact) mass is 459 g/mol. The number of amides is 1. The van der Waals surface area contributed by atoms with Crippen LogP contribution in [0.4, 0.5) is 20.2 Å². The van der Waals surface area contributed by atoms with Crippen molar-refractivity contribution >= 4 is 45.5 Å². The highest BCUT2D eigenvalue weighted by Gasteiger charge is 2.34. The van der Waals surface area contributed by atoms with Gasteiger partial charge < -0.3 is 19.9 Å². The number of anilines is 2. The first-order valence-electron chi connectivity index (χ1n) is 10.2. The summed E-state index contributed by atoms with van der Waals surface area (Å²) in [6.07, 6.45) is 3.11. The van der Waals surface area contributed by atoms with E-state index in [1.165, 1.54) is 4.57 Å². The second kappa shape index (κ2) is 7.40. The predicted octanol–water partition coefficient (Wildman–Crippen LogP) is 3.90. The molecule has 1 saturated carbocycles. The molecule has 2 aromatic heterocycles. The summed E-state index contributed by atoms with van der Waals surface area (Å²) in [5.74, 6) is -4.15. The van der Waals surface area contributed by atoms with Crippen molar-refractivity contribution in [3.63, 3.8) is 0 Å². The minimum absolute atomic E-state index is 0.182. The number of aromatic carboxylic acids is 1. The van der Waals surface area contributed by atoms with Crippen LogP contribution in [0.2, 0.25) is 0 Å². The van der Waals surface area contributed by atoms with Crippen LogP contribution >= 0.6 is 11.3 Å². The second-order valence-corrected chi connectivity index (χ2v) is 9.11. The molecule has 1 aliphatic heterocycles. The molecule has 3 aromatic rings. The Kier molecular flexibility index (Phi) is 4.77. The third kappa shape index (κ3) is 3.17. The fraction of sp³-hybridized carbons (Fsp3) is 0.318. The van der Waals surface area contributed by atoms with E-state index in [-0.39, 0.29) is 17.2 Å². The first-order chi connectivity index (χ1) is 15.3. The van der Waals surface area contributed by atoms with Crippen LogP contribution in [0, 0.1) is 11.6 Å². The minimum Gasteiger partial charge on any atom is -0.477 e. The molecular weight excluding hydrogens is 440 g/mol. The summed E-state index contributed by atoms with van der Waals surface area (Å²) in [6, 6.07) is 1.72. The molecule has 0 radical (unpaired) electrons. The van der Waals surface area contributed by atoms with Crippen molar-refractivity contribution in [2.45, 2.75) is 38.8 Å². The molecule has 7 nitrogen and oxygen atoms in total. The number of halogens is 2. The van der Waals surface area contributed by atoms with Gasteiger partial charge in [-0.3, -0.25) is 9.59 Å². The Labute approximate surface area is 184 Å². The molecule has 1 fully saturated rings. The van der Waals surface area contributed by atoms with Gasteiger partial charge in [0, 0.05) is 37.1 Å². The Hall–Kier alpha value is -3.27. The lowest BCUT2D eigenvalue weighted by Crippen LogP contribution is -2.32. The zero-order valence-electron chi connectivity index (χ0n) is 17.1. The van der Waals surface area contributed by atoms with Crippen LogP contribution < -0.4 is 15.6 Å². The number of benzene rings is 1. The second-order valence-electron chi connectivity index (χ2n) is 8.11. The van der Waals surface area contributed by atoms with E-state index < -0.39 is 45.6 Å². The zero-order valence-corrected chi connectivity index (χ0v) is 17.9. The zero-order chi connectivity index (χ0) is 22.7. The molecule has 0 unspecified atom stereocenters. The highest BCUT2D eigenvalue weighted by Crippen LogP contribution is 2.43. The van der Waals surface area contributed by atoms with Gasteiger partial charge >= 0.3 is 5.97 Å². The highest BCUT2D eigenvalue weighted by molar-refractivity contribution is 7.10. The van der Waals surface area contributed by atoms with E-state index in [2.05, 4.69) is 5.32 Å². The van der Waals surface area contributed by atoms with E-state index in [1.54, 1.807) is 16.2 Å². The third-order valence-electron chi connectivity index (χ3n) is 5.92. The summed E-state index contributed by atoms with van der Waals surface area (Å²) in [4.78, 5) is 39.3. The van der Waals surface area contributed by atoms with Gasteiger partial charge in [0.1, 0.15) is 11.3 Å². The van der Waals surface area contributed by atoms with Crippen molar-refractivity contribution in [1.82, 2.24) is 4.57 Å². The first kappa shape index (κ1) is 20.6. The molecule has 2 N–H and O–H groups in total. The standard InChI is InChI=1S/C22H19F2N3O4S/c1-10(28)25-18-15-19(27(12-2-3-12)9-13(21(15)29)22(30)31)17(24)20(16(18)23)26-6-4-14-11(8-26)5-7-32-14/h5,7,9,12H,2-4,6,8H2,1H3,(H,25,28)(H,30,31). The number of carboxylic acids is 1. The minimum atomic E-state index is -1.49. The Bertz CT molecular complexity index is 1360. The topological polar surface area (TPSA) is 91.6 Å². The van der Waals surface area contributed by atoms with Crippen molar-refractivity contribution in [1.29, 1.82) is 0 Å². The van der Waals surface area contributed by atoms with Gasteiger partial charge in [-0.05, 0) is 36.3 Å². The Morgan fingerprint density at radius 1 is 1.25 bits per heavy atom. The summed E-state index contributed by atoms with van der Waals surface area (Å²) in [7, 11) is 0. The summed E-state index contributed by atoms with van der Waals surface area (Å²) < 4.78 is 33.2. The van der Waals surface area contributed by atoms with Crippen LogP contribution in [0.3, 0.4) is 0 Å². The molecule has 2 aliphatic rings. The van der Waals surface area contributed by atoms with Crippen molar-refractivity contribution < 1.29 is 23.5 Å². The maximum atomic E-state index is 16.0. The summed E-state index contributed by atoms with van der Waals surface area (Å²) >= 11 is 1.59. The van der Waals surface area contributed by atoms with Crippen molar-refractivity contribution in [3.8, 4) is 0 Å². The quantitative estimate of drug-likeness (QED) is 0.618. The Morgan fingerprint density at radius 2 is 2.00 bits per heavy atom. The fourth-order valence-electron chi connectivity index (χ4n) is 4.33. The number of fused-ring (bicyclic) bond motifs is 2. The molecular formula is C22H19F2N3O4S. The van der Waals surface area contributed by atoms with E-state index in [9.17, 15) is 19.5 Å². The van der Waals surface area contributed by atoms with Gasteiger partial charge in [0.15, 0.2) is 11.6 Å². The van der Waals surface area contributed by atoms with E-state index in [4.69, 9.17) is 0 Å². The molecule has 1 aliphatic carbocycles. The molecule has 0 atom stereocenters. The summed E-state index contributed by atoms with van der Waals surface area (Å²) in [5, 5.41) is 13.3. The number of nitrogens with one attached hydrogen (secondary N) is 1. The van der Waals surface area contributed by atoms with Gasteiger partial charge in [-0.25, -0.2) is 13.6 Å². The lowest BCUT2D eigenvalue weighted by molar-refractivity contribution is -0.114. The molecule has 1 amide bonds. The molecule has 32 heavy (non-hydrogen) atoms. The van der Waals surface area contributed by atoms with Crippen molar-refractivity contribution in [3.05, 3.63) is 55.5 Å². The van der Waals surface area contributed by atoms with Crippen LogP contribution in [0.15, 0.2) is 22.4 Å². The number of nitrogens with zero attached hydrogens (tertiary/aromatic N) is 2. The number of hydrogen-bond donors (Lipinski definition) is 2. The molecule has 5 rings (SSSR count). The number of pyridine rings is 1. The normalized spacial score (nSPS) is 15.7. The van der Waals surface area contributed by atoms with Gasteiger partial charge in [-0.1, -0.05) is 0 Å². The van der Waals surface area contributed by atoms with Crippen molar-refractivity contribution in [2.24, 2.45) is 0 Å². The molecule has 166 valence electrons. The van der Waals surface area contributed by atoms with Gasteiger partial charge in [0.25, 0.3) is 0 Å².